The minimum atomic E-state index is -0.200. The highest BCUT2D eigenvalue weighted by atomic mass is 16.6. The van der Waals surface area contributed by atoms with E-state index in [4.69, 9.17) is 14.2 Å². The zero-order chi connectivity index (χ0) is 25.3. The zero-order valence-corrected chi connectivity index (χ0v) is 24.3. The van der Waals surface area contributed by atoms with Crippen LogP contribution in [0.1, 0.15) is 142 Å². The number of unbranched alkanes of at least 4 members (excludes halogenated alkanes) is 16. The van der Waals surface area contributed by atoms with Crippen LogP contribution in [0.3, 0.4) is 0 Å². The van der Waals surface area contributed by atoms with E-state index in [1.165, 1.54) is 122 Å². The maximum absolute atomic E-state index is 6.19. The van der Waals surface area contributed by atoms with Gasteiger partial charge in [0.2, 0.25) is 0 Å². The predicted octanol–water partition coefficient (Wildman–Crippen LogP) is 8.56. The Kier molecular flexibility index (Phi) is 22.7. The summed E-state index contributed by atoms with van der Waals surface area (Å²) in [4.78, 5) is 2.23. The van der Waals surface area contributed by atoms with Gasteiger partial charge in [-0.1, -0.05) is 103 Å². The highest BCUT2D eigenvalue weighted by Crippen LogP contribution is 2.26. The van der Waals surface area contributed by atoms with Gasteiger partial charge in [0.05, 0.1) is 13.2 Å². The van der Waals surface area contributed by atoms with Gasteiger partial charge < -0.3 is 19.1 Å². The Morgan fingerprint density at radius 3 is 1.49 bits per heavy atom. The maximum atomic E-state index is 6.19. The average Bonchev–Trinajstić information content (AvgIpc) is 2.86. The maximum Gasteiger partial charge on any atom is 0.115 e. The Morgan fingerprint density at radius 1 is 0.600 bits per heavy atom. The lowest BCUT2D eigenvalue weighted by atomic mass is 9.95. The molecule has 0 saturated carbocycles. The lowest BCUT2D eigenvalue weighted by Crippen LogP contribution is -2.45. The zero-order valence-electron chi connectivity index (χ0n) is 24.3. The smallest absolute Gasteiger partial charge is 0.115 e. The first-order valence-electron chi connectivity index (χ1n) is 15.6. The number of ether oxygens (including phenoxy) is 3. The molecule has 4 nitrogen and oxygen atoms in total. The summed E-state index contributed by atoms with van der Waals surface area (Å²) >= 11 is 0. The largest absolute Gasteiger partial charge is 0.378 e. The summed E-state index contributed by atoms with van der Waals surface area (Å²) in [6.07, 6.45) is 28.3. The van der Waals surface area contributed by atoms with Gasteiger partial charge in [-0.15, -0.1) is 0 Å². The molecule has 0 amide bonds. The van der Waals surface area contributed by atoms with Crippen LogP contribution in [-0.2, 0) is 14.2 Å². The molecule has 1 rings (SSSR count). The second-order valence-electron chi connectivity index (χ2n) is 11.4. The minimum Gasteiger partial charge on any atom is -0.378 e. The Labute approximate surface area is 220 Å². The molecule has 0 aliphatic carbocycles. The quantitative estimate of drug-likeness (QED) is 0.112. The molecule has 0 bridgehead atoms. The normalized spacial score (nSPS) is 18.5. The monoisotopic (exact) mass is 497 g/mol. The molecule has 1 fully saturated rings. The fraction of sp³-hybridized carbons (Fsp3) is 1.00. The van der Waals surface area contributed by atoms with Crippen LogP contribution in [0, 0.1) is 0 Å². The molecule has 1 saturated heterocycles. The van der Waals surface area contributed by atoms with Crippen LogP contribution in [0.25, 0.3) is 0 Å². The van der Waals surface area contributed by atoms with Crippen LogP contribution >= 0.6 is 0 Å². The van der Waals surface area contributed by atoms with Gasteiger partial charge in [0.15, 0.2) is 0 Å². The van der Waals surface area contributed by atoms with Crippen molar-refractivity contribution in [1.82, 2.24) is 4.90 Å². The van der Waals surface area contributed by atoms with Gasteiger partial charge in [0, 0.05) is 19.8 Å². The van der Waals surface area contributed by atoms with Gasteiger partial charge in [0.1, 0.15) is 5.60 Å². The molecule has 1 unspecified atom stereocenters. The van der Waals surface area contributed by atoms with Gasteiger partial charge in [-0.05, 0) is 59.2 Å². The van der Waals surface area contributed by atoms with Gasteiger partial charge in [-0.2, -0.15) is 0 Å². The number of rotatable bonds is 26. The van der Waals surface area contributed by atoms with Crippen LogP contribution in [-0.4, -0.2) is 64.2 Å². The molecule has 1 heterocycles. The van der Waals surface area contributed by atoms with Crippen LogP contribution < -0.4 is 0 Å². The summed E-state index contributed by atoms with van der Waals surface area (Å²) in [5.74, 6) is 0. The minimum absolute atomic E-state index is 0.200. The van der Waals surface area contributed by atoms with Crippen molar-refractivity contribution >= 4 is 0 Å². The standard InChI is InChI=1S/C31H63NO3/c1-4-5-6-7-8-9-10-11-12-13-14-15-16-17-18-21-26-33-29-31(24-19-22-28-35-31)30-34-27-23-20-25-32(2)3/h4-30H2,1-3H3. The van der Waals surface area contributed by atoms with Crippen molar-refractivity contribution in [3.63, 3.8) is 0 Å². The Balaban J connectivity index is 1.90. The van der Waals surface area contributed by atoms with Crippen LogP contribution in [0.2, 0.25) is 0 Å². The van der Waals surface area contributed by atoms with E-state index in [0.29, 0.717) is 13.2 Å². The molecular formula is C31H63NO3. The first-order chi connectivity index (χ1) is 17.2. The van der Waals surface area contributed by atoms with Gasteiger partial charge in [-0.25, -0.2) is 0 Å². The molecule has 35 heavy (non-hydrogen) atoms. The number of nitrogens with zero attached hydrogens (tertiary/aromatic N) is 1. The second-order valence-corrected chi connectivity index (χ2v) is 11.4. The van der Waals surface area contributed by atoms with Gasteiger partial charge in [-0.3, -0.25) is 0 Å². The molecule has 0 radical (unpaired) electrons. The van der Waals surface area contributed by atoms with Crippen LogP contribution in [0.15, 0.2) is 0 Å². The van der Waals surface area contributed by atoms with E-state index in [-0.39, 0.29) is 5.60 Å². The molecule has 1 aliphatic heterocycles. The summed E-state index contributed by atoms with van der Waals surface area (Å²) in [6, 6.07) is 0. The third-order valence-electron chi connectivity index (χ3n) is 7.45. The third-order valence-corrected chi connectivity index (χ3v) is 7.45. The SMILES string of the molecule is CCCCCCCCCCCCCCCCCCOCC1(COCCCCN(C)C)CCCCO1. The number of hydrogen-bond acceptors (Lipinski definition) is 4. The lowest BCUT2D eigenvalue weighted by molar-refractivity contribution is -0.156. The molecular weight excluding hydrogens is 434 g/mol. The van der Waals surface area contributed by atoms with Crippen molar-refractivity contribution in [2.24, 2.45) is 0 Å². The molecule has 4 heteroatoms. The van der Waals surface area contributed by atoms with Gasteiger partial charge >= 0.3 is 0 Å². The van der Waals surface area contributed by atoms with E-state index in [1.54, 1.807) is 0 Å². The third kappa shape index (κ3) is 20.6. The Bertz CT molecular complexity index is 423. The molecule has 0 N–H and O–H groups in total. The van der Waals surface area contributed by atoms with Crippen molar-refractivity contribution in [2.45, 2.75) is 147 Å². The molecule has 1 atom stereocenters. The van der Waals surface area contributed by atoms with E-state index in [9.17, 15) is 0 Å². The predicted molar refractivity (Wildman–Crippen MR) is 152 cm³/mol. The molecule has 0 spiro atoms. The molecule has 0 aromatic heterocycles. The van der Waals surface area contributed by atoms with Crippen molar-refractivity contribution in [2.75, 3.05) is 53.7 Å². The summed E-state index contributed by atoms with van der Waals surface area (Å²) < 4.78 is 18.3. The van der Waals surface area contributed by atoms with E-state index >= 15 is 0 Å². The first kappa shape index (κ1) is 32.9. The molecule has 0 aromatic carbocycles. The average molecular weight is 498 g/mol. The first-order valence-corrected chi connectivity index (χ1v) is 15.6. The number of hydrogen-bond donors (Lipinski definition) is 0. The summed E-state index contributed by atoms with van der Waals surface area (Å²) in [7, 11) is 4.25. The van der Waals surface area contributed by atoms with E-state index in [0.717, 1.165) is 39.2 Å². The van der Waals surface area contributed by atoms with Crippen molar-refractivity contribution in [3.8, 4) is 0 Å². The fourth-order valence-electron chi connectivity index (χ4n) is 5.08. The van der Waals surface area contributed by atoms with Crippen molar-refractivity contribution in [3.05, 3.63) is 0 Å². The molecule has 210 valence electrons. The summed E-state index contributed by atoms with van der Waals surface area (Å²) in [5, 5.41) is 0. The Hall–Kier alpha value is -0.160. The Morgan fingerprint density at radius 2 is 1.06 bits per heavy atom. The molecule has 0 aromatic rings. The summed E-state index contributed by atoms with van der Waals surface area (Å²) in [6.45, 7) is 7.37. The van der Waals surface area contributed by atoms with Crippen LogP contribution in [0.5, 0.6) is 0 Å². The highest BCUT2D eigenvalue weighted by molar-refractivity contribution is 4.83. The lowest BCUT2D eigenvalue weighted by Gasteiger charge is -2.36. The van der Waals surface area contributed by atoms with E-state index in [1.807, 2.05) is 0 Å². The highest BCUT2D eigenvalue weighted by Gasteiger charge is 2.34. The van der Waals surface area contributed by atoms with Crippen molar-refractivity contribution < 1.29 is 14.2 Å². The topological polar surface area (TPSA) is 30.9 Å². The summed E-state index contributed by atoms with van der Waals surface area (Å²) in [5.41, 5.74) is -0.200. The molecule has 1 aliphatic rings. The van der Waals surface area contributed by atoms with E-state index in [2.05, 4.69) is 25.9 Å². The fourth-order valence-corrected chi connectivity index (χ4v) is 5.08. The van der Waals surface area contributed by atoms with Gasteiger partial charge in [0.25, 0.3) is 0 Å². The van der Waals surface area contributed by atoms with E-state index < -0.39 is 0 Å². The van der Waals surface area contributed by atoms with Crippen molar-refractivity contribution in [1.29, 1.82) is 0 Å². The second kappa shape index (κ2) is 24.2. The van der Waals surface area contributed by atoms with Crippen LogP contribution in [0.4, 0.5) is 0 Å².